The van der Waals surface area contributed by atoms with Crippen LogP contribution in [0.5, 0.6) is 0 Å². The number of hydrogen-bond donors (Lipinski definition) is 1. The van der Waals surface area contributed by atoms with Crippen LogP contribution in [0.25, 0.3) is 0 Å². The summed E-state index contributed by atoms with van der Waals surface area (Å²) in [5, 5.41) is 3.15. The normalized spacial score (nSPS) is 10.6. The Morgan fingerprint density at radius 2 is 2.11 bits per heavy atom. The van der Waals surface area contributed by atoms with Gasteiger partial charge in [-0.15, -0.1) is 0 Å². The van der Waals surface area contributed by atoms with E-state index in [-0.39, 0.29) is 11.2 Å². The summed E-state index contributed by atoms with van der Waals surface area (Å²) in [6.45, 7) is 1.50. The SMILES string of the molecule is Cn1ccc(=O)n(CCNCc2ccccn2)c1=O. The van der Waals surface area contributed by atoms with E-state index in [1.165, 1.54) is 21.4 Å². The average molecular weight is 260 g/mol. The van der Waals surface area contributed by atoms with Crippen LogP contribution in [0.4, 0.5) is 0 Å². The number of nitrogens with one attached hydrogen (secondary N) is 1. The minimum absolute atomic E-state index is 0.275. The second-order valence-electron chi connectivity index (χ2n) is 4.20. The first kappa shape index (κ1) is 13.2. The highest BCUT2D eigenvalue weighted by Crippen LogP contribution is 1.91. The van der Waals surface area contributed by atoms with Crippen LogP contribution in [-0.4, -0.2) is 20.7 Å². The van der Waals surface area contributed by atoms with E-state index in [0.717, 1.165) is 5.69 Å². The van der Waals surface area contributed by atoms with Gasteiger partial charge in [-0.2, -0.15) is 0 Å². The molecule has 2 heterocycles. The summed E-state index contributed by atoms with van der Waals surface area (Å²) in [4.78, 5) is 27.5. The van der Waals surface area contributed by atoms with Gasteiger partial charge in [-0.1, -0.05) is 6.07 Å². The van der Waals surface area contributed by atoms with Crippen LogP contribution < -0.4 is 16.6 Å². The van der Waals surface area contributed by atoms with Gasteiger partial charge in [0.2, 0.25) is 0 Å². The zero-order chi connectivity index (χ0) is 13.7. The first-order valence-corrected chi connectivity index (χ1v) is 6.05. The van der Waals surface area contributed by atoms with Gasteiger partial charge < -0.3 is 9.88 Å². The molecule has 0 unspecified atom stereocenters. The van der Waals surface area contributed by atoms with Crippen LogP contribution in [0.15, 0.2) is 46.2 Å². The zero-order valence-electron chi connectivity index (χ0n) is 10.7. The van der Waals surface area contributed by atoms with E-state index < -0.39 is 0 Å². The molecule has 0 saturated heterocycles. The molecule has 100 valence electrons. The van der Waals surface area contributed by atoms with Crippen molar-refractivity contribution in [3.63, 3.8) is 0 Å². The number of aryl methyl sites for hydroxylation is 1. The van der Waals surface area contributed by atoms with Crippen molar-refractivity contribution in [3.8, 4) is 0 Å². The molecule has 2 aromatic heterocycles. The summed E-state index contributed by atoms with van der Waals surface area (Å²) in [6, 6.07) is 7.08. The molecule has 0 aliphatic rings. The van der Waals surface area contributed by atoms with E-state index in [0.29, 0.717) is 19.6 Å². The lowest BCUT2D eigenvalue weighted by Gasteiger charge is -2.07. The van der Waals surface area contributed by atoms with Crippen molar-refractivity contribution >= 4 is 0 Å². The fourth-order valence-corrected chi connectivity index (χ4v) is 1.73. The van der Waals surface area contributed by atoms with Crippen molar-refractivity contribution in [3.05, 3.63) is 63.2 Å². The topological polar surface area (TPSA) is 68.9 Å². The van der Waals surface area contributed by atoms with Crippen LogP contribution in [0.1, 0.15) is 5.69 Å². The molecule has 6 nitrogen and oxygen atoms in total. The van der Waals surface area contributed by atoms with Gasteiger partial charge in [-0.05, 0) is 12.1 Å². The lowest BCUT2D eigenvalue weighted by molar-refractivity contribution is 0.542. The summed E-state index contributed by atoms with van der Waals surface area (Å²) in [6.07, 6.45) is 3.21. The summed E-state index contributed by atoms with van der Waals surface area (Å²) >= 11 is 0. The summed E-state index contributed by atoms with van der Waals surface area (Å²) in [7, 11) is 1.62. The quantitative estimate of drug-likeness (QED) is 0.752. The molecule has 0 spiro atoms. The van der Waals surface area contributed by atoms with Crippen LogP contribution in [0.3, 0.4) is 0 Å². The Morgan fingerprint density at radius 1 is 1.26 bits per heavy atom. The largest absolute Gasteiger partial charge is 0.330 e. The van der Waals surface area contributed by atoms with Crippen LogP contribution in [0.2, 0.25) is 0 Å². The summed E-state index contributed by atoms with van der Waals surface area (Å²) < 4.78 is 2.60. The van der Waals surface area contributed by atoms with Crippen molar-refractivity contribution in [1.82, 2.24) is 19.4 Å². The van der Waals surface area contributed by atoms with Gasteiger partial charge in [0.05, 0.1) is 5.69 Å². The fourth-order valence-electron chi connectivity index (χ4n) is 1.73. The number of pyridine rings is 1. The molecule has 2 aromatic rings. The number of hydrogen-bond acceptors (Lipinski definition) is 4. The predicted octanol–water partition coefficient (Wildman–Crippen LogP) is -0.268. The van der Waals surface area contributed by atoms with Gasteiger partial charge >= 0.3 is 5.69 Å². The van der Waals surface area contributed by atoms with E-state index in [1.807, 2.05) is 18.2 Å². The first-order valence-electron chi connectivity index (χ1n) is 6.05. The number of nitrogens with zero attached hydrogens (tertiary/aromatic N) is 3. The van der Waals surface area contributed by atoms with Crippen molar-refractivity contribution in [2.24, 2.45) is 7.05 Å². The molecule has 0 saturated carbocycles. The first-order chi connectivity index (χ1) is 9.18. The van der Waals surface area contributed by atoms with Gasteiger partial charge in [0.25, 0.3) is 5.56 Å². The zero-order valence-corrected chi connectivity index (χ0v) is 10.7. The second kappa shape index (κ2) is 6.10. The highest BCUT2D eigenvalue weighted by atomic mass is 16.2. The third kappa shape index (κ3) is 3.38. The molecule has 0 aliphatic heterocycles. The Labute approximate surface area is 110 Å². The Morgan fingerprint density at radius 3 is 2.84 bits per heavy atom. The molecule has 0 atom stereocenters. The van der Waals surface area contributed by atoms with E-state index in [2.05, 4.69) is 10.3 Å². The highest BCUT2D eigenvalue weighted by Gasteiger charge is 2.02. The molecule has 0 aliphatic carbocycles. The Bertz CT molecular complexity index is 646. The molecule has 0 amide bonds. The molecule has 0 bridgehead atoms. The number of aromatic nitrogens is 3. The maximum absolute atomic E-state index is 11.7. The van der Waals surface area contributed by atoms with E-state index in [9.17, 15) is 9.59 Å². The summed E-state index contributed by atoms with van der Waals surface area (Å²) in [5.41, 5.74) is 0.352. The Hall–Kier alpha value is -2.21. The van der Waals surface area contributed by atoms with Gasteiger partial charge in [0.15, 0.2) is 0 Å². The van der Waals surface area contributed by atoms with Crippen LogP contribution in [0, 0.1) is 0 Å². The highest BCUT2D eigenvalue weighted by molar-refractivity contribution is 5.02. The second-order valence-corrected chi connectivity index (χ2v) is 4.20. The number of rotatable bonds is 5. The Balaban J connectivity index is 1.92. The third-order valence-electron chi connectivity index (χ3n) is 2.78. The Kier molecular flexibility index (Phi) is 4.25. The lowest BCUT2D eigenvalue weighted by Crippen LogP contribution is -2.40. The molecule has 19 heavy (non-hydrogen) atoms. The maximum Gasteiger partial charge on any atom is 0.330 e. The molecule has 0 radical (unpaired) electrons. The third-order valence-corrected chi connectivity index (χ3v) is 2.78. The standard InChI is InChI=1S/C13H16N4O2/c1-16-8-5-12(18)17(13(16)19)9-7-14-10-11-4-2-3-6-15-11/h2-6,8,14H,7,9-10H2,1H3. The molecule has 1 N–H and O–H groups in total. The minimum atomic E-state index is -0.299. The molecule has 0 fully saturated rings. The fraction of sp³-hybridized carbons (Fsp3) is 0.308. The van der Waals surface area contributed by atoms with Gasteiger partial charge in [0, 0.05) is 45.1 Å². The van der Waals surface area contributed by atoms with Crippen molar-refractivity contribution in [1.29, 1.82) is 0 Å². The molecule has 2 rings (SSSR count). The van der Waals surface area contributed by atoms with Gasteiger partial charge in [-0.25, -0.2) is 4.79 Å². The molecular weight excluding hydrogens is 244 g/mol. The molecular formula is C13H16N4O2. The van der Waals surface area contributed by atoms with Gasteiger partial charge in [-0.3, -0.25) is 14.3 Å². The van der Waals surface area contributed by atoms with Crippen LogP contribution >= 0.6 is 0 Å². The maximum atomic E-state index is 11.7. The van der Waals surface area contributed by atoms with E-state index in [1.54, 1.807) is 13.2 Å². The van der Waals surface area contributed by atoms with Crippen molar-refractivity contribution < 1.29 is 0 Å². The lowest BCUT2D eigenvalue weighted by atomic mass is 10.3. The van der Waals surface area contributed by atoms with E-state index in [4.69, 9.17) is 0 Å². The summed E-state index contributed by atoms with van der Waals surface area (Å²) in [5.74, 6) is 0. The molecule has 6 heteroatoms. The minimum Gasteiger partial charge on any atom is -0.309 e. The van der Waals surface area contributed by atoms with Crippen molar-refractivity contribution in [2.75, 3.05) is 6.54 Å². The van der Waals surface area contributed by atoms with Gasteiger partial charge in [0.1, 0.15) is 0 Å². The average Bonchev–Trinajstić information content (AvgIpc) is 2.43. The van der Waals surface area contributed by atoms with Crippen LogP contribution in [-0.2, 0) is 20.1 Å². The monoisotopic (exact) mass is 260 g/mol. The van der Waals surface area contributed by atoms with Crippen molar-refractivity contribution in [2.45, 2.75) is 13.1 Å². The molecule has 0 aromatic carbocycles. The predicted molar refractivity (Wildman–Crippen MR) is 71.9 cm³/mol. The van der Waals surface area contributed by atoms with E-state index >= 15 is 0 Å². The smallest absolute Gasteiger partial charge is 0.309 e.